The summed E-state index contributed by atoms with van der Waals surface area (Å²) in [6.07, 6.45) is -0.578. The van der Waals surface area contributed by atoms with E-state index in [-0.39, 0.29) is 0 Å². The van der Waals surface area contributed by atoms with Crippen molar-refractivity contribution < 1.29 is 5.11 Å². The Morgan fingerprint density at radius 3 is 2.12 bits per heavy atom. The molecule has 3 heteroatoms. The molecule has 0 spiro atoms. The molecular weight excluding hydrogens is 332 g/mol. The molecule has 1 atom stereocenters. The fourth-order valence-electron chi connectivity index (χ4n) is 1.51. The molecule has 0 radical (unpaired) electrons. The van der Waals surface area contributed by atoms with Gasteiger partial charge in [0.2, 0.25) is 0 Å². The topological polar surface area (TPSA) is 20.2 Å². The van der Waals surface area contributed by atoms with E-state index in [2.05, 4.69) is 31.9 Å². The normalized spacial score (nSPS) is 12.4. The molecule has 0 fully saturated rings. The Morgan fingerprint density at radius 1 is 0.812 bits per heavy atom. The Labute approximate surface area is 111 Å². The number of hydrogen-bond donors (Lipinski definition) is 1. The Bertz CT molecular complexity index is 480. The third-order valence-electron chi connectivity index (χ3n) is 2.35. The highest BCUT2D eigenvalue weighted by Gasteiger charge is 2.09. The molecule has 0 amide bonds. The van der Waals surface area contributed by atoms with Crippen LogP contribution in [0.5, 0.6) is 0 Å². The minimum atomic E-state index is -0.578. The summed E-state index contributed by atoms with van der Waals surface area (Å²) < 4.78 is 1.99. The van der Waals surface area contributed by atoms with Crippen molar-refractivity contribution in [3.8, 4) is 0 Å². The fourth-order valence-corrected chi connectivity index (χ4v) is 2.20. The van der Waals surface area contributed by atoms with Gasteiger partial charge in [-0.05, 0) is 35.4 Å². The van der Waals surface area contributed by atoms with Gasteiger partial charge in [-0.1, -0.05) is 56.1 Å². The van der Waals surface area contributed by atoms with Crippen molar-refractivity contribution in [3.05, 3.63) is 68.6 Å². The molecule has 2 aromatic carbocycles. The zero-order valence-corrected chi connectivity index (χ0v) is 11.6. The van der Waals surface area contributed by atoms with Crippen molar-refractivity contribution in [1.82, 2.24) is 0 Å². The summed E-state index contributed by atoms with van der Waals surface area (Å²) >= 11 is 6.77. The minimum Gasteiger partial charge on any atom is -0.384 e. The summed E-state index contributed by atoms with van der Waals surface area (Å²) in [5.41, 5.74) is 1.78. The van der Waals surface area contributed by atoms with Crippen LogP contribution in [0, 0.1) is 0 Å². The molecule has 0 heterocycles. The zero-order valence-electron chi connectivity index (χ0n) is 8.40. The standard InChI is InChI=1S/C13H10Br2O/c14-11-6-4-9(5-7-11)13(16)10-2-1-3-12(15)8-10/h1-8,13,16H. The molecule has 82 valence electrons. The summed E-state index contributed by atoms with van der Waals surface area (Å²) in [5.74, 6) is 0. The van der Waals surface area contributed by atoms with Gasteiger partial charge in [-0.2, -0.15) is 0 Å². The maximum absolute atomic E-state index is 10.2. The molecule has 0 bridgehead atoms. The molecule has 0 aliphatic carbocycles. The van der Waals surface area contributed by atoms with Crippen LogP contribution in [0.2, 0.25) is 0 Å². The lowest BCUT2D eigenvalue weighted by Gasteiger charge is -2.11. The number of aliphatic hydroxyl groups excluding tert-OH is 1. The third-order valence-corrected chi connectivity index (χ3v) is 3.37. The molecule has 1 unspecified atom stereocenters. The predicted octanol–water partition coefficient (Wildman–Crippen LogP) is 4.29. The average molecular weight is 342 g/mol. The molecule has 0 saturated carbocycles. The van der Waals surface area contributed by atoms with E-state index >= 15 is 0 Å². The van der Waals surface area contributed by atoms with E-state index < -0.39 is 6.10 Å². The van der Waals surface area contributed by atoms with Gasteiger partial charge in [0.25, 0.3) is 0 Å². The summed E-state index contributed by atoms with van der Waals surface area (Å²) in [4.78, 5) is 0. The smallest absolute Gasteiger partial charge is 0.104 e. The van der Waals surface area contributed by atoms with E-state index in [1.54, 1.807) is 0 Å². The first-order valence-corrected chi connectivity index (χ1v) is 6.44. The van der Waals surface area contributed by atoms with E-state index in [0.717, 1.165) is 20.1 Å². The van der Waals surface area contributed by atoms with Crippen LogP contribution < -0.4 is 0 Å². The summed E-state index contributed by atoms with van der Waals surface area (Å²) in [7, 11) is 0. The number of benzene rings is 2. The van der Waals surface area contributed by atoms with Gasteiger partial charge in [0.15, 0.2) is 0 Å². The van der Waals surface area contributed by atoms with E-state index in [1.807, 2.05) is 48.5 Å². The van der Waals surface area contributed by atoms with Crippen molar-refractivity contribution in [2.75, 3.05) is 0 Å². The molecule has 0 aromatic heterocycles. The van der Waals surface area contributed by atoms with E-state index in [1.165, 1.54) is 0 Å². The fraction of sp³-hybridized carbons (Fsp3) is 0.0769. The molecule has 1 N–H and O–H groups in total. The first kappa shape index (κ1) is 11.8. The Kier molecular flexibility index (Phi) is 3.79. The lowest BCUT2D eigenvalue weighted by atomic mass is 10.0. The summed E-state index contributed by atoms with van der Waals surface area (Å²) in [6.45, 7) is 0. The molecule has 2 aromatic rings. The van der Waals surface area contributed by atoms with Gasteiger partial charge in [-0.25, -0.2) is 0 Å². The van der Waals surface area contributed by atoms with Crippen LogP contribution >= 0.6 is 31.9 Å². The quantitative estimate of drug-likeness (QED) is 0.863. The Balaban J connectivity index is 2.31. The van der Waals surface area contributed by atoms with Crippen LogP contribution in [0.4, 0.5) is 0 Å². The van der Waals surface area contributed by atoms with Gasteiger partial charge in [-0.15, -0.1) is 0 Å². The highest BCUT2D eigenvalue weighted by atomic mass is 79.9. The van der Waals surface area contributed by atoms with E-state index in [9.17, 15) is 5.11 Å². The number of aliphatic hydroxyl groups is 1. The van der Waals surface area contributed by atoms with Crippen molar-refractivity contribution in [2.24, 2.45) is 0 Å². The molecule has 0 aliphatic heterocycles. The second-order valence-electron chi connectivity index (χ2n) is 3.51. The second-order valence-corrected chi connectivity index (χ2v) is 5.34. The van der Waals surface area contributed by atoms with Crippen LogP contribution in [0.1, 0.15) is 17.2 Å². The largest absolute Gasteiger partial charge is 0.384 e. The van der Waals surface area contributed by atoms with Gasteiger partial charge in [-0.3, -0.25) is 0 Å². The third kappa shape index (κ3) is 2.73. The van der Waals surface area contributed by atoms with Gasteiger partial charge >= 0.3 is 0 Å². The van der Waals surface area contributed by atoms with Gasteiger partial charge < -0.3 is 5.11 Å². The summed E-state index contributed by atoms with van der Waals surface area (Å²) in [6, 6.07) is 15.4. The molecule has 0 saturated heterocycles. The highest BCUT2D eigenvalue weighted by molar-refractivity contribution is 9.10. The average Bonchev–Trinajstić information content (AvgIpc) is 2.29. The monoisotopic (exact) mass is 340 g/mol. The van der Waals surface area contributed by atoms with Crippen molar-refractivity contribution in [1.29, 1.82) is 0 Å². The lowest BCUT2D eigenvalue weighted by molar-refractivity contribution is 0.220. The van der Waals surface area contributed by atoms with E-state index in [4.69, 9.17) is 0 Å². The molecule has 2 rings (SSSR count). The minimum absolute atomic E-state index is 0.578. The second kappa shape index (κ2) is 5.13. The molecular formula is C13H10Br2O. The summed E-state index contributed by atoms with van der Waals surface area (Å²) in [5, 5.41) is 10.2. The first-order chi connectivity index (χ1) is 7.66. The maximum atomic E-state index is 10.2. The van der Waals surface area contributed by atoms with Crippen molar-refractivity contribution in [2.45, 2.75) is 6.10 Å². The molecule has 1 nitrogen and oxygen atoms in total. The van der Waals surface area contributed by atoms with Gasteiger partial charge in [0.05, 0.1) is 0 Å². The predicted molar refractivity (Wildman–Crippen MR) is 72.3 cm³/mol. The highest BCUT2D eigenvalue weighted by Crippen LogP contribution is 2.25. The Hall–Kier alpha value is -0.640. The van der Waals surface area contributed by atoms with Crippen LogP contribution in [0.3, 0.4) is 0 Å². The number of rotatable bonds is 2. The zero-order chi connectivity index (χ0) is 11.5. The van der Waals surface area contributed by atoms with E-state index in [0.29, 0.717) is 0 Å². The van der Waals surface area contributed by atoms with Gasteiger partial charge in [0.1, 0.15) is 6.10 Å². The van der Waals surface area contributed by atoms with Crippen LogP contribution in [-0.2, 0) is 0 Å². The van der Waals surface area contributed by atoms with Crippen molar-refractivity contribution >= 4 is 31.9 Å². The van der Waals surface area contributed by atoms with Crippen LogP contribution in [0.25, 0.3) is 0 Å². The Morgan fingerprint density at radius 2 is 1.50 bits per heavy atom. The van der Waals surface area contributed by atoms with Crippen molar-refractivity contribution in [3.63, 3.8) is 0 Å². The number of hydrogen-bond acceptors (Lipinski definition) is 1. The molecule has 16 heavy (non-hydrogen) atoms. The SMILES string of the molecule is OC(c1ccc(Br)cc1)c1cccc(Br)c1. The van der Waals surface area contributed by atoms with Crippen LogP contribution in [-0.4, -0.2) is 5.11 Å². The van der Waals surface area contributed by atoms with Crippen LogP contribution in [0.15, 0.2) is 57.5 Å². The lowest BCUT2D eigenvalue weighted by Crippen LogP contribution is -1.98. The van der Waals surface area contributed by atoms with Gasteiger partial charge in [0, 0.05) is 8.95 Å². The number of halogens is 2. The maximum Gasteiger partial charge on any atom is 0.104 e. The first-order valence-electron chi connectivity index (χ1n) is 4.86. The molecule has 0 aliphatic rings.